The summed E-state index contributed by atoms with van der Waals surface area (Å²) in [5.74, 6) is 6.23. The van der Waals surface area contributed by atoms with Gasteiger partial charge in [-0.15, -0.1) is 0 Å². The summed E-state index contributed by atoms with van der Waals surface area (Å²) in [7, 11) is 0. The normalized spacial score (nSPS) is 28.1. The number of benzene rings is 1. The van der Waals surface area contributed by atoms with Crippen molar-refractivity contribution in [1.82, 2.24) is 5.43 Å². The van der Waals surface area contributed by atoms with Crippen molar-refractivity contribution in [2.24, 2.45) is 11.8 Å². The van der Waals surface area contributed by atoms with Crippen molar-refractivity contribution in [2.75, 3.05) is 19.8 Å². The molecule has 1 saturated heterocycles. The Labute approximate surface area is 114 Å². The van der Waals surface area contributed by atoms with E-state index in [1.54, 1.807) is 0 Å². The molecule has 0 radical (unpaired) electrons. The molecule has 4 nitrogen and oxygen atoms in total. The maximum Gasteiger partial charge on any atom is 0.0843 e. The highest BCUT2D eigenvalue weighted by atomic mass is 16.5. The Balaban J connectivity index is 1.72. The van der Waals surface area contributed by atoms with Gasteiger partial charge in [-0.3, -0.25) is 11.3 Å². The zero-order valence-electron chi connectivity index (χ0n) is 11.2. The topological polar surface area (TPSA) is 56.5 Å². The van der Waals surface area contributed by atoms with Gasteiger partial charge >= 0.3 is 0 Å². The predicted molar refractivity (Wildman–Crippen MR) is 73.5 cm³/mol. The molecule has 1 fully saturated rings. The average molecular weight is 262 g/mol. The van der Waals surface area contributed by atoms with Gasteiger partial charge in [0.2, 0.25) is 0 Å². The van der Waals surface area contributed by atoms with Gasteiger partial charge in [0.15, 0.2) is 0 Å². The highest BCUT2D eigenvalue weighted by Crippen LogP contribution is 2.32. The van der Waals surface area contributed by atoms with Crippen LogP contribution in [0.2, 0.25) is 0 Å². The van der Waals surface area contributed by atoms with E-state index in [4.69, 9.17) is 15.3 Å². The van der Waals surface area contributed by atoms with Gasteiger partial charge in [0.1, 0.15) is 0 Å². The molecule has 0 saturated carbocycles. The van der Waals surface area contributed by atoms with Gasteiger partial charge in [-0.05, 0) is 30.4 Å². The largest absolute Gasteiger partial charge is 0.381 e. The smallest absolute Gasteiger partial charge is 0.0843 e. The Bertz CT molecular complexity index is 418. The van der Waals surface area contributed by atoms with Crippen LogP contribution in [0, 0.1) is 5.92 Å². The quantitative estimate of drug-likeness (QED) is 0.638. The van der Waals surface area contributed by atoms with E-state index in [2.05, 4.69) is 29.7 Å². The molecule has 3 atom stereocenters. The van der Waals surface area contributed by atoms with E-state index in [1.807, 2.05) is 0 Å². The van der Waals surface area contributed by atoms with Crippen molar-refractivity contribution in [3.05, 3.63) is 35.4 Å². The highest BCUT2D eigenvalue weighted by molar-refractivity contribution is 5.31. The van der Waals surface area contributed by atoms with Crippen molar-refractivity contribution in [3.63, 3.8) is 0 Å². The zero-order chi connectivity index (χ0) is 13.1. The van der Waals surface area contributed by atoms with Gasteiger partial charge in [0, 0.05) is 18.6 Å². The SMILES string of the molecule is NNC(CC1OCCc2ccccc21)C1CCOC1. The summed E-state index contributed by atoms with van der Waals surface area (Å²) in [6, 6.07) is 8.83. The van der Waals surface area contributed by atoms with Gasteiger partial charge in [-0.2, -0.15) is 0 Å². The number of hydrogen-bond donors (Lipinski definition) is 2. The van der Waals surface area contributed by atoms with Crippen molar-refractivity contribution in [3.8, 4) is 0 Å². The third kappa shape index (κ3) is 2.82. The van der Waals surface area contributed by atoms with E-state index >= 15 is 0 Å². The van der Waals surface area contributed by atoms with Gasteiger partial charge < -0.3 is 9.47 Å². The lowest BCUT2D eigenvalue weighted by atomic mass is 9.89. The summed E-state index contributed by atoms with van der Waals surface area (Å²) in [5, 5.41) is 0. The average Bonchev–Trinajstić information content (AvgIpc) is 2.99. The van der Waals surface area contributed by atoms with E-state index in [-0.39, 0.29) is 12.1 Å². The van der Waals surface area contributed by atoms with Crippen LogP contribution in [0.3, 0.4) is 0 Å². The van der Waals surface area contributed by atoms with Crippen molar-refractivity contribution in [1.29, 1.82) is 0 Å². The van der Waals surface area contributed by atoms with Gasteiger partial charge in [0.05, 0.1) is 19.3 Å². The second kappa shape index (κ2) is 6.01. The molecule has 3 unspecified atom stereocenters. The number of hydrogen-bond acceptors (Lipinski definition) is 4. The maximum atomic E-state index is 5.96. The summed E-state index contributed by atoms with van der Waals surface area (Å²) < 4.78 is 11.4. The number of nitrogens with two attached hydrogens (primary N) is 1. The van der Waals surface area contributed by atoms with Crippen molar-refractivity contribution >= 4 is 0 Å². The van der Waals surface area contributed by atoms with Crippen LogP contribution in [0.25, 0.3) is 0 Å². The summed E-state index contributed by atoms with van der Waals surface area (Å²) in [6.07, 6.45) is 3.18. The minimum Gasteiger partial charge on any atom is -0.381 e. The van der Waals surface area contributed by atoms with Crippen LogP contribution < -0.4 is 11.3 Å². The fourth-order valence-electron chi connectivity index (χ4n) is 3.17. The van der Waals surface area contributed by atoms with Crippen LogP contribution in [-0.2, 0) is 15.9 Å². The molecule has 2 aliphatic heterocycles. The summed E-state index contributed by atoms with van der Waals surface area (Å²) in [6.45, 7) is 2.47. The molecule has 3 N–H and O–H groups in total. The first-order chi connectivity index (χ1) is 9.38. The molecule has 1 aromatic carbocycles. The Hall–Kier alpha value is -0.940. The molecule has 104 valence electrons. The number of hydrazine groups is 1. The molecular formula is C15H22N2O2. The lowest BCUT2D eigenvalue weighted by Gasteiger charge is -2.31. The maximum absolute atomic E-state index is 5.96. The van der Waals surface area contributed by atoms with E-state index in [1.165, 1.54) is 11.1 Å². The first-order valence-corrected chi connectivity index (χ1v) is 7.11. The van der Waals surface area contributed by atoms with Crippen molar-refractivity contribution in [2.45, 2.75) is 31.4 Å². The summed E-state index contributed by atoms with van der Waals surface area (Å²) >= 11 is 0. The third-order valence-corrected chi connectivity index (χ3v) is 4.31. The third-order valence-electron chi connectivity index (χ3n) is 4.31. The molecule has 0 aromatic heterocycles. The lowest BCUT2D eigenvalue weighted by Crippen LogP contribution is -2.42. The standard InChI is InChI=1S/C15H22N2O2/c16-17-14(12-5-7-18-10-12)9-15-13-4-2-1-3-11(13)6-8-19-15/h1-4,12,14-15,17H,5-10,16H2. The highest BCUT2D eigenvalue weighted by Gasteiger charge is 2.30. The molecule has 0 bridgehead atoms. The van der Waals surface area contributed by atoms with Crippen LogP contribution >= 0.6 is 0 Å². The van der Waals surface area contributed by atoms with Crippen LogP contribution in [0.1, 0.15) is 30.1 Å². The molecule has 3 rings (SSSR count). The second-order valence-electron chi connectivity index (χ2n) is 5.44. The van der Waals surface area contributed by atoms with E-state index in [0.29, 0.717) is 5.92 Å². The summed E-state index contributed by atoms with van der Waals surface area (Å²) in [5.41, 5.74) is 5.70. The first kappa shape index (κ1) is 13.1. The van der Waals surface area contributed by atoms with Crippen LogP contribution in [-0.4, -0.2) is 25.9 Å². The Morgan fingerprint density at radius 3 is 3.00 bits per heavy atom. The number of rotatable bonds is 4. The monoisotopic (exact) mass is 262 g/mol. The fourth-order valence-corrected chi connectivity index (χ4v) is 3.17. The van der Waals surface area contributed by atoms with E-state index in [0.717, 1.165) is 39.1 Å². The predicted octanol–water partition coefficient (Wildman–Crippen LogP) is 1.56. The fraction of sp³-hybridized carbons (Fsp3) is 0.600. The number of fused-ring (bicyclic) bond motifs is 1. The van der Waals surface area contributed by atoms with Gasteiger partial charge in [-0.1, -0.05) is 24.3 Å². The zero-order valence-corrected chi connectivity index (χ0v) is 11.2. The lowest BCUT2D eigenvalue weighted by molar-refractivity contribution is 0.0237. The molecule has 2 heterocycles. The molecule has 19 heavy (non-hydrogen) atoms. The van der Waals surface area contributed by atoms with Crippen LogP contribution in [0.5, 0.6) is 0 Å². The van der Waals surface area contributed by atoms with Crippen LogP contribution in [0.15, 0.2) is 24.3 Å². The molecule has 0 aliphatic carbocycles. The first-order valence-electron chi connectivity index (χ1n) is 7.11. The summed E-state index contributed by atoms with van der Waals surface area (Å²) in [4.78, 5) is 0. The van der Waals surface area contributed by atoms with E-state index < -0.39 is 0 Å². The molecule has 4 heteroatoms. The van der Waals surface area contributed by atoms with Gasteiger partial charge in [-0.25, -0.2) is 0 Å². The second-order valence-corrected chi connectivity index (χ2v) is 5.44. The Morgan fingerprint density at radius 2 is 2.21 bits per heavy atom. The van der Waals surface area contributed by atoms with Crippen molar-refractivity contribution < 1.29 is 9.47 Å². The Morgan fingerprint density at radius 1 is 1.32 bits per heavy atom. The molecule has 2 aliphatic rings. The minimum atomic E-state index is 0.159. The molecule has 1 aromatic rings. The molecule has 0 spiro atoms. The molecular weight excluding hydrogens is 240 g/mol. The van der Waals surface area contributed by atoms with Gasteiger partial charge in [0.25, 0.3) is 0 Å². The number of nitrogens with one attached hydrogen (secondary N) is 1. The minimum absolute atomic E-state index is 0.159. The van der Waals surface area contributed by atoms with Crippen LogP contribution in [0.4, 0.5) is 0 Å². The number of ether oxygens (including phenoxy) is 2. The van der Waals surface area contributed by atoms with E-state index in [9.17, 15) is 0 Å². The Kier molecular flexibility index (Phi) is 4.13. The molecule has 0 amide bonds.